The van der Waals surface area contributed by atoms with E-state index in [2.05, 4.69) is 12.2 Å². The lowest BCUT2D eigenvalue weighted by Crippen LogP contribution is -2.32. The van der Waals surface area contributed by atoms with E-state index in [0.29, 0.717) is 9.62 Å². The standard InChI is InChI=1S/C12H17NO2S2/c1-12(5-2-6-16-12)8-13-7-9-3-4-10(17-9)11(14)15/h3-4,13H,2,5-8H2,1H3,(H,14,15). The topological polar surface area (TPSA) is 49.3 Å². The molecule has 1 fully saturated rings. The van der Waals surface area contributed by atoms with Gasteiger partial charge in [-0.2, -0.15) is 11.8 Å². The van der Waals surface area contributed by atoms with Crippen LogP contribution in [0.15, 0.2) is 12.1 Å². The average molecular weight is 271 g/mol. The van der Waals surface area contributed by atoms with Gasteiger partial charge in [0.15, 0.2) is 0 Å². The molecule has 1 aromatic rings. The zero-order chi connectivity index (χ0) is 12.3. The lowest BCUT2D eigenvalue weighted by Gasteiger charge is -2.22. The number of carbonyl (C=O) groups is 1. The molecule has 17 heavy (non-hydrogen) atoms. The third kappa shape index (κ3) is 3.47. The summed E-state index contributed by atoms with van der Waals surface area (Å²) in [7, 11) is 0. The summed E-state index contributed by atoms with van der Waals surface area (Å²) < 4.78 is 0.368. The summed E-state index contributed by atoms with van der Waals surface area (Å²) in [4.78, 5) is 12.2. The first kappa shape index (κ1) is 12.9. The molecular formula is C12H17NO2S2. The van der Waals surface area contributed by atoms with E-state index in [-0.39, 0.29) is 0 Å². The smallest absolute Gasteiger partial charge is 0.345 e. The van der Waals surface area contributed by atoms with Gasteiger partial charge in [0.1, 0.15) is 4.88 Å². The summed E-state index contributed by atoms with van der Waals surface area (Å²) >= 11 is 3.39. The van der Waals surface area contributed by atoms with Gasteiger partial charge in [-0.1, -0.05) is 0 Å². The predicted octanol–water partition coefficient (Wildman–Crippen LogP) is 2.82. The van der Waals surface area contributed by atoms with E-state index < -0.39 is 5.97 Å². The Hall–Kier alpha value is -0.520. The van der Waals surface area contributed by atoms with Gasteiger partial charge in [0.25, 0.3) is 0 Å². The molecule has 1 aliphatic heterocycles. The van der Waals surface area contributed by atoms with Crippen LogP contribution >= 0.6 is 23.1 Å². The van der Waals surface area contributed by atoms with Gasteiger partial charge in [-0.3, -0.25) is 0 Å². The number of rotatable bonds is 5. The number of aromatic carboxylic acids is 1. The van der Waals surface area contributed by atoms with Gasteiger partial charge in [0.05, 0.1) is 0 Å². The average Bonchev–Trinajstić information content (AvgIpc) is 2.88. The molecule has 94 valence electrons. The molecule has 0 amide bonds. The van der Waals surface area contributed by atoms with Crippen LogP contribution in [0.2, 0.25) is 0 Å². The Bertz CT molecular complexity index is 397. The van der Waals surface area contributed by atoms with Crippen LogP contribution in [-0.2, 0) is 6.54 Å². The SMILES string of the molecule is CC1(CNCc2ccc(C(=O)O)s2)CCCS1. The van der Waals surface area contributed by atoms with E-state index >= 15 is 0 Å². The van der Waals surface area contributed by atoms with E-state index in [4.69, 9.17) is 5.11 Å². The Morgan fingerprint density at radius 3 is 3.00 bits per heavy atom. The molecule has 0 radical (unpaired) electrons. The maximum atomic E-state index is 10.7. The Morgan fingerprint density at radius 2 is 2.41 bits per heavy atom. The van der Waals surface area contributed by atoms with Crippen LogP contribution < -0.4 is 5.32 Å². The van der Waals surface area contributed by atoms with Crippen LogP contribution in [0.25, 0.3) is 0 Å². The van der Waals surface area contributed by atoms with Crippen LogP contribution in [0.3, 0.4) is 0 Å². The molecule has 0 spiro atoms. The number of thiophene rings is 1. The third-order valence-electron chi connectivity index (χ3n) is 2.97. The molecule has 0 saturated carbocycles. The van der Waals surface area contributed by atoms with Crippen molar-refractivity contribution in [1.29, 1.82) is 0 Å². The highest BCUT2D eigenvalue weighted by molar-refractivity contribution is 8.00. The van der Waals surface area contributed by atoms with Gasteiger partial charge < -0.3 is 10.4 Å². The van der Waals surface area contributed by atoms with Crippen LogP contribution in [0.4, 0.5) is 0 Å². The van der Waals surface area contributed by atoms with Crippen molar-refractivity contribution in [3.8, 4) is 0 Å². The van der Waals surface area contributed by atoms with Gasteiger partial charge in [0.2, 0.25) is 0 Å². The summed E-state index contributed by atoms with van der Waals surface area (Å²) in [5.41, 5.74) is 0. The molecule has 5 heteroatoms. The first-order valence-electron chi connectivity index (χ1n) is 5.76. The number of hydrogen-bond acceptors (Lipinski definition) is 4. The number of carboxylic acid groups (broad SMARTS) is 1. The summed E-state index contributed by atoms with van der Waals surface area (Å²) in [5, 5.41) is 12.3. The number of thioether (sulfide) groups is 1. The fraction of sp³-hybridized carbons (Fsp3) is 0.583. The van der Waals surface area contributed by atoms with E-state index in [1.165, 1.54) is 29.9 Å². The molecule has 1 saturated heterocycles. The fourth-order valence-corrected chi connectivity index (χ4v) is 4.10. The summed E-state index contributed by atoms with van der Waals surface area (Å²) in [6.45, 7) is 4.07. The molecule has 1 aliphatic rings. The monoisotopic (exact) mass is 271 g/mol. The van der Waals surface area contributed by atoms with Crippen LogP contribution in [-0.4, -0.2) is 28.1 Å². The molecule has 2 heterocycles. The molecule has 0 aromatic carbocycles. The lowest BCUT2D eigenvalue weighted by molar-refractivity contribution is 0.0702. The van der Waals surface area contributed by atoms with Crippen molar-refractivity contribution in [2.45, 2.75) is 31.1 Å². The van der Waals surface area contributed by atoms with E-state index in [1.807, 2.05) is 17.8 Å². The van der Waals surface area contributed by atoms with Crippen molar-refractivity contribution < 1.29 is 9.90 Å². The minimum absolute atomic E-state index is 0.368. The Kier molecular flexibility index (Phi) is 4.12. The molecule has 1 atom stereocenters. The van der Waals surface area contributed by atoms with Crippen LogP contribution in [0.5, 0.6) is 0 Å². The number of nitrogens with one attached hydrogen (secondary N) is 1. The van der Waals surface area contributed by atoms with Crippen molar-refractivity contribution in [2.75, 3.05) is 12.3 Å². The van der Waals surface area contributed by atoms with E-state index in [9.17, 15) is 4.79 Å². The molecule has 2 N–H and O–H groups in total. The first-order valence-corrected chi connectivity index (χ1v) is 7.56. The minimum Gasteiger partial charge on any atom is -0.477 e. The second-order valence-corrected chi connectivity index (χ2v) is 7.43. The molecular weight excluding hydrogens is 254 g/mol. The summed E-state index contributed by atoms with van der Waals surface area (Å²) in [6, 6.07) is 3.57. The van der Waals surface area contributed by atoms with E-state index in [0.717, 1.165) is 18.0 Å². The van der Waals surface area contributed by atoms with Crippen LogP contribution in [0, 0.1) is 0 Å². The van der Waals surface area contributed by atoms with Crippen molar-refractivity contribution in [1.82, 2.24) is 5.32 Å². The number of carboxylic acids is 1. The zero-order valence-corrected chi connectivity index (χ0v) is 11.5. The van der Waals surface area contributed by atoms with Crippen molar-refractivity contribution in [3.63, 3.8) is 0 Å². The fourth-order valence-electron chi connectivity index (χ4n) is 2.01. The molecule has 3 nitrogen and oxygen atoms in total. The maximum Gasteiger partial charge on any atom is 0.345 e. The maximum absolute atomic E-state index is 10.7. The van der Waals surface area contributed by atoms with Crippen LogP contribution in [0.1, 0.15) is 34.3 Å². The minimum atomic E-state index is -0.834. The van der Waals surface area contributed by atoms with Crippen molar-refractivity contribution in [3.05, 3.63) is 21.9 Å². The molecule has 0 aliphatic carbocycles. The largest absolute Gasteiger partial charge is 0.477 e. The molecule has 2 rings (SSSR count). The van der Waals surface area contributed by atoms with Crippen molar-refractivity contribution in [2.24, 2.45) is 0 Å². The van der Waals surface area contributed by atoms with Crippen molar-refractivity contribution >= 4 is 29.1 Å². The highest BCUT2D eigenvalue weighted by atomic mass is 32.2. The zero-order valence-electron chi connectivity index (χ0n) is 9.86. The first-order chi connectivity index (χ1) is 8.09. The van der Waals surface area contributed by atoms with Gasteiger partial charge in [-0.25, -0.2) is 4.79 Å². The highest BCUT2D eigenvalue weighted by Crippen LogP contribution is 2.37. The molecule has 1 unspecified atom stereocenters. The Morgan fingerprint density at radius 1 is 1.59 bits per heavy atom. The lowest BCUT2D eigenvalue weighted by atomic mass is 10.1. The predicted molar refractivity (Wildman–Crippen MR) is 73.1 cm³/mol. The quantitative estimate of drug-likeness (QED) is 0.864. The second kappa shape index (κ2) is 5.42. The third-order valence-corrected chi connectivity index (χ3v) is 5.58. The second-order valence-electron chi connectivity index (χ2n) is 4.58. The van der Waals surface area contributed by atoms with Gasteiger partial charge >= 0.3 is 5.97 Å². The molecule has 0 bridgehead atoms. The highest BCUT2D eigenvalue weighted by Gasteiger charge is 2.28. The Balaban J connectivity index is 1.79. The normalized spacial score (nSPS) is 24.1. The Labute approximate surface area is 110 Å². The summed E-state index contributed by atoms with van der Waals surface area (Å²) in [5.74, 6) is 0.430. The number of hydrogen-bond donors (Lipinski definition) is 2. The molecule has 1 aromatic heterocycles. The van der Waals surface area contributed by atoms with Gasteiger partial charge in [-0.05, 0) is 37.7 Å². The van der Waals surface area contributed by atoms with E-state index in [1.54, 1.807) is 6.07 Å². The summed E-state index contributed by atoms with van der Waals surface area (Å²) in [6.07, 6.45) is 2.58. The van der Waals surface area contributed by atoms with Gasteiger partial charge in [-0.15, -0.1) is 11.3 Å². The van der Waals surface area contributed by atoms with Gasteiger partial charge in [0, 0.05) is 22.7 Å².